The maximum absolute atomic E-state index is 11.9. The minimum Gasteiger partial charge on any atom is -0.383 e. The van der Waals surface area contributed by atoms with Gasteiger partial charge in [-0.1, -0.05) is 12.8 Å². The van der Waals surface area contributed by atoms with Crippen LogP contribution in [0.1, 0.15) is 25.7 Å². The molecule has 0 saturated heterocycles. The fourth-order valence-electron chi connectivity index (χ4n) is 2.33. The van der Waals surface area contributed by atoms with Crippen LogP contribution in [-0.4, -0.2) is 46.7 Å². The number of likely N-dealkylation sites (N-methyl/N-ethyl adjacent to an activating group) is 1. The van der Waals surface area contributed by atoms with Crippen LogP contribution in [-0.2, 0) is 14.6 Å². The first-order valence-corrected chi connectivity index (χ1v) is 7.76. The molecular weight excluding hydrogens is 226 g/mol. The van der Waals surface area contributed by atoms with E-state index in [0.717, 1.165) is 12.8 Å². The summed E-state index contributed by atoms with van der Waals surface area (Å²) in [6.07, 6.45) is 4.53. The Bertz CT molecular complexity index is 284. The number of ether oxygens (including phenoxy) is 1. The largest absolute Gasteiger partial charge is 0.383 e. The predicted molar refractivity (Wildman–Crippen MR) is 65.3 cm³/mol. The van der Waals surface area contributed by atoms with Crippen molar-refractivity contribution >= 4 is 9.84 Å². The van der Waals surface area contributed by atoms with E-state index in [1.165, 1.54) is 12.8 Å². The third-order valence-corrected chi connectivity index (χ3v) is 5.09. The number of nitrogens with one attached hydrogen (secondary N) is 1. The summed E-state index contributed by atoms with van der Waals surface area (Å²) in [5.74, 6) is 0.938. The van der Waals surface area contributed by atoms with Gasteiger partial charge in [0.1, 0.15) is 0 Å². The molecule has 96 valence electrons. The highest BCUT2D eigenvalue weighted by molar-refractivity contribution is 7.91. The quantitative estimate of drug-likeness (QED) is 0.726. The van der Waals surface area contributed by atoms with Gasteiger partial charge in [-0.25, -0.2) is 8.42 Å². The van der Waals surface area contributed by atoms with Crippen molar-refractivity contribution in [2.45, 2.75) is 31.7 Å². The standard InChI is InChI=1S/C11H23NO3S/c1-12-11(7-15-2)9-16(13,14)8-10-5-3-4-6-10/h10-12H,3-9H2,1-2H3. The van der Waals surface area contributed by atoms with Crippen molar-refractivity contribution in [1.29, 1.82) is 0 Å². The minimum atomic E-state index is -2.94. The second-order valence-electron chi connectivity index (χ2n) is 4.67. The van der Waals surface area contributed by atoms with Crippen molar-refractivity contribution in [2.75, 3.05) is 32.3 Å². The number of methoxy groups -OCH3 is 1. The Kier molecular flexibility index (Phi) is 5.72. The van der Waals surface area contributed by atoms with Crippen LogP contribution in [0.4, 0.5) is 0 Å². The highest BCUT2D eigenvalue weighted by atomic mass is 32.2. The van der Waals surface area contributed by atoms with E-state index >= 15 is 0 Å². The molecule has 0 bridgehead atoms. The molecule has 1 N–H and O–H groups in total. The second-order valence-corrected chi connectivity index (χ2v) is 6.82. The molecule has 0 aromatic heterocycles. The Balaban J connectivity index is 2.42. The molecule has 0 radical (unpaired) electrons. The first kappa shape index (κ1) is 13.9. The molecule has 0 aromatic carbocycles. The average Bonchev–Trinajstić information content (AvgIpc) is 2.68. The van der Waals surface area contributed by atoms with Crippen LogP contribution in [0, 0.1) is 5.92 Å². The summed E-state index contributed by atoms with van der Waals surface area (Å²) in [6.45, 7) is 0.445. The molecule has 1 saturated carbocycles. The molecule has 1 aliphatic carbocycles. The van der Waals surface area contributed by atoms with E-state index in [0.29, 0.717) is 18.3 Å². The van der Waals surface area contributed by atoms with E-state index in [1.54, 1.807) is 14.2 Å². The lowest BCUT2D eigenvalue weighted by Crippen LogP contribution is -2.38. The normalized spacial score (nSPS) is 20.1. The van der Waals surface area contributed by atoms with Gasteiger partial charge in [-0.15, -0.1) is 0 Å². The maximum atomic E-state index is 11.9. The molecule has 1 aliphatic rings. The summed E-state index contributed by atoms with van der Waals surface area (Å²) >= 11 is 0. The second kappa shape index (κ2) is 6.57. The Morgan fingerprint density at radius 2 is 2.00 bits per heavy atom. The topological polar surface area (TPSA) is 55.4 Å². The summed E-state index contributed by atoms with van der Waals surface area (Å²) in [5, 5.41) is 2.98. The van der Waals surface area contributed by atoms with Crippen molar-refractivity contribution < 1.29 is 13.2 Å². The van der Waals surface area contributed by atoms with Crippen LogP contribution < -0.4 is 5.32 Å². The van der Waals surface area contributed by atoms with E-state index in [1.807, 2.05) is 0 Å². The molecule has 16 heavy (non-hydrogen) atoms. The molecule has 1 unspecified atom stereocenters. The van der Waals surface area contributed by atoms with Crippen molar-refractivity contribution in [3.05, 3.63) is 0 Å². The predicted octanol–water partition coefficient (Wildman–Crippen LogP) is 0.826. The van der Waals surface area contributed by atoms with E-state index in [9.17, 15) is 8.42 Å². The summed E-state index contributed by atoms with van der Waals surface area (Å²) in [4.78, 5) is 0. The van der Waals surface area contributed by atoms with Gasteiger partial charge in [0.15, 0.2) is 9.84 Å². The van der Waals surface area contributed by atoms with E-state index in [-0.39, 0.29) is 11.8 Å². The Morgan fingerprint density at radius 1 is 1.38 bits per heavy atom. The third-order valence-electron chi connectivity index (χ3n) is 3.20. The minimum absolute atomic E-state index is 0.0867. The van der Waals surface area contributed by atoms with E-state index in [2.05, 4.69) is 5.32 Å². The molecule has 1 rings (SSSR count). The van der Waals surface area contributed by atoms with Gasteiger partial charge in [0.05, 0.1) is 18.1 Å². The van der Waals surface area contributed by atoms with Gasteiger partial charge < -0.3 is 10.1 Å². The molecule has 1 atom stereocenters. The summed E-state index contributed by atoms with van der Waals surface area (Å²) in [6, 6.07) is -0.0867. The fraction of sp³-hybridized carbons (Fsp3) is 1.00. The van der Waals surface area contributed by atoms with Gasteiger partial charge in [-0.3, -0.25) is 0 Å². The Hall–Kier alpha value is -0.130. The molecule has 0 amide bonds. The zero-order valence-electron chi connectivity index (χ0n) is 10.2. The van der Waals surface area contributed by atoms with Crippen LogP contribution in [0.2, 0.25) is 0 Å². The highest BCUT2D eigenvalue weighted by Crippen LogP contribution is 2.26. The van der Waals surface area contributed by atoms with E-state index in [4.69, 9.17) is 4.74 Å². The Morgan fingerprint density at radius 3 is 2.50 bits per heavy atom. The summed E-state index contributed by atoms with van der Waals surface area (Å²) < 4.78 is 28.9. The number of sulfone groups is 1. The number of hydrogen-bond donors (Lipinski definition) is 1. The van der Waals surface area contributed by atoms with Crippen molar-refractivity contribution in [3.63, 3.8) is 0 Å². The first-order chi connectivity index (χ1) is 7.57. The van der Waals surface area contributed by atoms with Crippen LogP contribution in [0.25, 0.3) is 0 Å². The molecule has 4 nitrogen and oxygen atoms in total. The van der Waals surface area contributed by atoms with Crippen LogP contribution >= 0.6 is 0 Å². The van der Waals surface area contributed by atoms with Gasteiger partial charge in [0.25, 0.3) is 0 Å². The van der Waals surface area contributed by atoms with Gasteiger partial charge in [0.2, 0.25) is 0 Å². The van der Waals surface area contributed by atoms with Crippen LogP contribution in [0.15, 0.2) is 0 Å². The molecular formula is C11H23NO3S. The Labute approximate surface area is 98.7 Å². The third kappa shape index (κ3) is 4.80. The number of rotatable bonds is 7. The molecule has 0 aromatic rings. The first-order valence-electron chi connectivity index (χ1n) is 5.94. The molecule has 0 spiro atoms. The lowest BCUT2D eigenvalue weighted by Gasteiger charge is -2.16. The van der Waals surface area contributed by atoms with E-state index < -0.39 is 9.84 Å². The average molecular weight is 249 g/mol. The zero-order valence-corrected chi connectivity index (χ0v) is 11.1. The van der Waals surface area contributed by atoms with Crippen molar-refractivity contribution in [1.82, 2.24) is 5.32 Å². The van der Waals surface area contributed by atoms with Crippen LogP contribution in [0.5, 0.6) is 0 Å². The highest BCUT2D eigenvalue weighted by Gasteiger charge is 2.24. The van der Waals surface area contributed by atoms with Crippen LogP contribution in [0.3, 0.4) is 0 Å². The molecule has 0 aliphatic heterocycles. The number of hydrogen-bond acceptors (Lipinski definition) is 4. The lowest BCUT2D eigenvalue weighted by atomic mass is 10.1. The lowest BCUT2D eigenvalue weighted by molar-refractivity contribution is 0.176. The maximum Gasteiger partial charge on any atom is 0.152 e. The van der Waals surface area contributed by atoms with Gasteiger partial charge in [-0.2, -0.15) is 0 Å². The summed E-state index contributed by atoms with van der Waals surface area (Å²) in [7, 11) is 0.423. The van der Waals surface area contributed by atoms with Crippen molar-refractivity contribution in [3.8, 4) is 0 Å². The van der Waals surface area contributed by atoms with Gasteiger partial charge in [-0.05, 0) is 25.8 Å². The molecule has 1 fully saturated rings. The fourth-order valence-corrected chi connectivity index (χ4v) is 4.39. The monoisotopic (exact) mass is 249 g/mol. The van der Waals surface area contributed by atoms with Gasteiger partial charge >= 0.3 is 0 Å². The van der Waals surface area contributed by atoms with Gasteiger partial charge in [0, 0.05) is 13.2 Å². The SMILES string of the molecule is CNC(COC)CS(=O)(=O)CC1CCCC1. The molecule has 5 heteroatoms. The molecule has 0 heterocycles. The summed E-state index contributed by atoms with van der Waals surface area (Å²) in [5.41, 5.74) is 0. The van der Waals surface area contributed by atoms with Crippen molar-refractivity contribution in [2.24, 2.45) is 5.92 Å². The smallest absolute Gasteiger partial charge is 0.152 e. The zero-order chi connectivity index (χ0) is 12.0.